The van der Waals surface area contributed by atoms with E-state index in [1.165, 1.54) is 18.3 Å². The molecule has 218 valence electrons. The molecule has 1 aromatic heterocycles. The van der Waals surface area contributed by atoms with Crippen LogP contribution < -0.4 is 9.62 Å². The number of nitriles is 1. The molecule has 3 aromatic rings. The SMILES string of the molecule is C/C(=C(/C#N)S(=O)(=O)N[C@H]1C(O)O[C@H](CO)[C@@H](O)[C@@H]1O)c1ccc(-c2ccc3cc(N4CCOCC4)ccc3c2)s1. The van der Waals surface area contributed by atoms with E-state index >= 15 is 0 Å². The Morgan fingerprint density at radius 1 is 1.07 bits per heavy atom. The third-order valence-electron chi connectivity index (χ3n) is 7.36. The minimum absolute atomic E-state index is 0.182. The molecular formula is C28H31N3O8S2. The van der Waals surface area contributed by atoms with Crippen LogP contribution in [0.2, 0.25) is 0 Å². The van der Waals surface area contributed by atoms with Crippen LogP contribution in [-0.2, 0) is 19.5 Å². The fourth-order valence-electron chi connectivity index (χ4n) is 5.02. The van der Waals surface area contributed by atoms with Crippen LogP contribution in [-0.4, -0.2) is 92.4 Å². The van der Waals surface area contributed by atoms with Crippen molar-refractivity contribution < 1.29 is 38.3 Å². The van der Waals surface area contributed by atoms with E-state index in [0.29, 0.717) is 18.1 Å². The van der Waals surface area contributed by atoms with E-state index in [-0.39, 0.29) is 5.57 Å². The molecule has 1 unspecified atom stereocenters. The molecule has 2 fully saturated rings. The van der Waals surface area contributed by atoms with Gasteiger partial charge in [0.15, 0.2) is 11.2 Å². The van der Waals surface area contributed by atoms with Crippen molar-refractivity contribution in [2.75, 3.05) is 37.8 Å². The van der Waals surface area contributed by atoms with Crippen LogP contribution in [0, 0.1) is 11.3 Å². The highest BCUT2D eigenvalue weighted by atomic mass is 32.2. The molecule has 0 amide bonds. The van der Waals surface area contributed by atoms with E-state index in [0.717, 1.165) is 40.0 Å². The van der Waals surface area contributed by atoms with Crippen LogP contribution in [0.5, 0.6) is 0 Å². The molecule has 0 aliphatic carbocycles. The maximum atomic E-state index is 13.2. The number of aliphatic hydroxyl groups is 4. The Bertz CT molecular complexity index is 1590. The highest BCUT2D eigenvalue weighted by Crippen LogP contribution is 2.36. The van der Waals surface area contributed by atoms with Gasteiger partial charge in [-0.05, 0) is 59.2 Å². The number of nitrogens with zero attached hydrogens (tertiary/aromatic N) is 2. The van der Waals surface area contributed by atoms with Gasteiger partial charge in [-0.2, -0.15) is 9.98 Å². The number of aliphatic hydroxyl groups excluding tert-OH is 4. The quantitative estimate of drug-likeness (QED) is 0.249. The summed E-state index contributed by atoms with van der Waals surface area (Å²) in [5.74, 6) is 0. The number of benzene rings is 2. The summed E-state index contributed by atoms with van der Waals surface area (Å²) in [6.45, 7) is 3.94. The number of nitrogens with one attached hydrogen (secondary N) is 1. The topological polar surface area (TPSA) is 173 Å². The molecule has 2 aliphatic rings. The van der Waals surface area contributed by atoms with Crippen LogP contribution in [0.3, 0.4) is 0 Å². The van der Waals surface area contributed by atoms with E-state index < -0.39 is 52.2 Å². The Balaban J connectivity index is 1.38. The first-order valence-electron chi connectivity index (χ1n) is 13.0. The smallest absolute Gasteiger partial charge is 0.251 e. The minimum Gasteiger partial charge on any atom is -0.394 e. The van der Waals surface area contributed by atoms with E-state index in [2.05, 4.69) is 33.9 Å². The molecule has 2 aromatic carbocycles. The van der Waals surface area contributed by atoms with Gasteiger partial charge in [0.1, 0.15) is 30.4 Å². The molecule has 13 heteroatoms. The van der Waals surface area contributed by atoms with E-state index in [1.54, 1.807) is 12.1 Å². The number of thiophene rings is 1. The summed E-state index contributed by atoms with van der Waals surface area (Å²) in [4.78, 5) is 3.12. The molecule has 2 saturated heterocycles. The number of anilines is 1. The predicted molar refractivity (Wildman–Crippen MR) is 154 cm³/mol. The molecule has 41 heavy (non-hydrogen) atoms. The van der Waals surface area contributed by atoms with Crippen LogP contribution in [0.4, 0.5) is 5.69 Å². The lowest BCUT2D eigenvalue weighted by atomic mass is 9.98. The monoisotopic (exact) mass is 601 g/mol. The Hall–Kier alpha value is -2.90. The molecule has 5 rings (SSSR count). The second-order valence-electron chi connectivity index (χ2n) is 9.95. The summed E-state index contributed by atoms with van der Waals surface area (Å²) in [7, 11) is -4.54. The fourth-order valence-corrected chi connectivity index (χ4v) is 7.46. The lowest BCUT2D eigenvalue weighted by Crippen LogP contribution is -2.64. The highest BCUT2D eigenvalue weighted by Gasteiger charge is 2.45. The van der Waals surface area contributed by atoms with Gasteiger partial charge in [0, 0.05) is 28.5 Å². The molecule has 2 aliphatic heterocycles. The lowest BCUT2D eigenvalue weighted by molar-refractivity contribution is -0.251. The third kappa shape index (κ3) is 6.02. The summed E-state index contributed by atoms with van der Waals surface area (Å²) in [5, 5.41) is 51.8. The molecule has 3 heterocycles. The summed E-state index contributed by atoms with van der Waals surface area (Å²) < 4.78 is 38.8. The number of morpholine rings is 1. The van der Waals surface area contributed by atoms with E-state index in [1.807, 2.05) is 18.2 Å². The van der Waals surface area contributed by atoms with Gasteiger partial charge in [0.05, 0.1) is 19.8 Å². The zero-order valence-corrected chi connectivity index (χ0v) is 23.8. The maximum absolute atomic E-state index is 13.2. The number of ether oxygens (including phenoxy) is 2. The number of hydrogen-bond donors (Lipinski definition) is 5. The largest absolute Gasteiger partial charge is 0.394 e. The Morgan fingerprint density at radius 3 is 2.49 bits per heavy atom. The number of rotatable bonds is 7. The first-order valence-corrected chi connectivity index (χ1v) is 15.3. The van der Waals surface area contributed by atoms with E-state index in [9.17, 15) is 34.1 Å². The minimum atomic E-state index is -4.54. The molecule has 11 nitrogen and oxygen atoms in total. The van der Waals surface area contributed by atoms with Crippen molar-refractivity contribution in [2.45, 2.75) is 37.6 Å². The van der Waals surface area contributed by atoms with E-state index in [4.69, 9.17) is 9.47 Å². The maximum Gasteiger partial charge on any atom is 0.251 e. The summed E-state index contributed by atoms with van der Waals surface area (Å²) >= 11 is 1.32. The normalized spacial score (nSPS) is 26.0. The van der Waals surface area contributed by atoms with Crippen LogP contribution in [0.25, 0.3) is 26.8 Å². The molecule has 5 N–H and O–H groups in total. The van der Waals surface area contributed by atoms with Gasteiger partial charge in [-0.25, -0.2) is 8.42 Å². The lowest BCUT2D eigenvalue weighted by Gasteiger charge is -2.40. The molecule has 0 spiro atoms. The Kier molecular flexibility index (Phi) is 8.76. The molecule has 5 atom stereocenters. The van der Waals surface area contributed by atoms with Gasteiger partial charge in [0.2, 0.25) is 0 Å². The summed E-state index contributed by atoms with van der Waals surface area (Å²) in [5.41, 5.74) is 2.27. The van der Waals surface area contributed by atoms with Crippen molar-refractivity contribution in [3.63, 3.8) is 0 Å². The van der Waals surface area contributed by atoms with Gasteiger partial charge < -0.3 is 34.8 Å². The van der Waals surface area contributed by atoms with Gasteiger partial charge in [0.25, 0.3) is 10.0 Å². The van der Waals surface area contributed by atoms with Crippen LogP contribution in [0.15, 0.2) is 53.4 Å². The standard InChI is InChI=1S/C28H31N3O8S2/c1-16(24(14-29)41(36,37)30-25-27(34)26(33)21(15-32)39-28(25)35)22-6-7-23(40-22)19-3-2-18-13-20(5-4-17(18)12-19)31-8-10-38-11-9-31/h2-7,12-13,21,25-28,30,32-35H,8-11,15H2,1H3/b24-16+/t21-,25-,26-,27-,28?/m1/s1. The number of hydrogen-bond acceptors (Lipinski definition) is 11. The zero-order chi connectivity index (χ0) is 29.3. The van der Waals surface area contributed by atoms with Crippen molar-refractivity contribution in [3.05, 3.63) is 58.3 Å². The number of sulfonamides is 1. The highest BCUT2D eigenvalue weighted by molar-refractivity contribution is 7.93. The second-order valence-corrected chi connectivity index (χ2v) is 12.7. The first kappa shape index (κ1) is 29.6. The molecule has 0 bridgehead atoms. The van der Waals surface area contributed by atoms with Crippen molar-refractivity contribution in [2.24, 2.45) is 0 Å². The average Bonchev–Trinajstić information content (AvgIpc) is 3.48. The zero-order valence-electron chi connectivity index (χ0n) is 22.2. The van der Waals surface area contributed by atoms with Crippen LogP contribution >= 0.6 is 11.3 Å². The molecule has 0 saturated carbocycles. The Morgan fingerprint density at radius 2 is 1.78 bits per heavy atom. The van der Waals surface area contributed by atoms with Crippen molar-refractivity contribution in [1.82, 2.24) is 4.72 Å². The first-order chi connectivity index (χ1) is 19.6. The summed E-state index contributed by atoms with van der Waals surface area (Å²) in [6.07, 6.45) is -6.58. The van der Waals surface area contributed by atoms with Gasteiger partial charge in [-0.1, -0.05) is 18.2 Å². The fraction of sp³-hybridized carbons (Fsp3) is 0.393. The molecule has 0 radical (unpaired) electrons. The number of fused-ring (bicyclic) bond motifs is 1. The van der Waals surface area contributed by atoms with Crippen molar-refractivity contribution in [3.8, 4) is 16.5 Å². The number of allylic oxidation sites excluding steroid dienone is 2. The predicted octanol–water partition coefficient (Wildman–Crippen LogP) is 1.38. The van der Waals surface area contributed by atoms with Crippen molar-refractivity contribution in [1.29, 1.82) is 5.26 Å². The van der Waals surface area contributed by atoms with Gasteiger partial charge in [-0.15, -0.1) is 11.3 Å². The van der Waals surface area contributed by atoms with Gasteiger partial charge >= 0.3 is 0 Å². The molecular weight excluding hydrogens is 570 g/mol. The average molecular weight is 602 g/mol. The summed E-state index contributed by atoms with van der Waals surface area (Å²) in [6, 6.07) is 16.1. The van der Waals surface area contributed by atoms with Crippen LogP contribution in [0.1, 0.15) is 11.8 Å². The third-order valence-corrected chi connectivity index (χ3v) is 10.1. The van der Waals surface area contributed by atoms with Crippen molar-refractivity contribution >= 4 is 43.4 Å². The van der Waals surface area contributed by atoms with Gasteiger partial charge in [-0.3, -0.25) is 0 Å². The Labute approximate surface area is 241 Å². The second kappa shape index (κ2) is 12.1.